The van der Waals surface area contributed by atoms with Gasteiger partial charge in [0.15, 0.2) is 0 Å². The van der Waals surface area contributed by atoms with Gasteiger partial charge in [-0.2, -0.15) is 0 Å². The number of nitrogens with zero attached hydrogens (tertiary/aromatic N) is 2. The summed E-state index contributed by atoms with van der Waals surface area (Å²) in [5.41, 5.74) is 4.04. The summed E-state index contributed by atoms with van der Waals surface area (Å²) >= 11 is 0. The number of ether oxygens (including phenoxy) is 2. The van der Waals surface area contributed by atoms with E-state index in [1.54, 1.807) is 11.0 Å². The Hall–Kier alpha value is -3.43. The Bertz CT molecular complexity index is 1160. The largest absolute Gasteiger partial charge is 0.494 e. The molecule has 2 aromatic rings. The Kier molecular flexibility index (Phi) is 9.11. The Morgan fingerprint density at radius 2 is 1.77 bits per heavy atom. The molecule has 39 heavy (non-hydrogen) atoms. The summed E-state index contributed by atoms with van der Waals surface area (Å²) in [5, 5.41) is 5.87. The summed E-state index contributed by atoms with van der Waals surface area (Å²) in [6, 6.07) is 13.7. The number of fused-ring (bicyclic) bond motifs is 1. The van der Waals surface area contributed by atoms with E-state index < -0.39 is 11.9 Å². The molecule has 1 unspecified atom stereocenters. The molecule has 2 aromatic carbocycles. The summed E-state index contributed by atoms with van der Waals surface area (Å²) in [6.07, 6.45) is 4.97. The average Bonchev–Trinajstić information content (AvgIpc) is 3.28. The van der Waals surface area contributed by atoms with E-state index in [0.717, 1.165) is 76.4 Å². The molecule has 2 saturated heterocycles. The number of amides is 3. The first kappa shape index (κ1) is 27.1. The summed E-state index contributed by atoms with van der Waals surface area (Å²) < 4.78 is 11.4. The molecule has 3 amide bonds. The van der Waals surface area contributed by atoms with Crippen LogP contribution < -0.4 is 20.3 Å². The van der Waals surface area contributed by atoms with Gasteiger partial charge in [-0.05, 0) is 67.3 Å². The van der Waals surface area contributed by atoms with Crippen LogP contribution in [0, 0.1) is 0 Å². The van der Waals surface area contributed by atoms with E-state index in [0.29, 0.717) is 25.1 Å². The molecular weight excluding hydrogens is 496 g/mol. The normalized spacial score (nSPS) is 19.3. The van der Waals surface area contributed by atoms with Crippen molar-refractivity contribution in [3.8, 4) is 5.75 Å². The van der Waals surface area contributed by atoms with Crippen molar-refractivity contribution in [2.45, 2.75) is 57.7 Å². The van der Waals surface area contributed by atoms with Crippen molar-refractivity contribution >= 4 is 23.4 Å². The van der Waals surface area contributed by atoms with Crippen LogP contribution >= 0.6 is 0 Å². The predicted molar refractivity (Wildman–Crippen MR) is 148 cm³/mol. The van der Waals surface area contributed by atoms with E-state index in [1.807, 2.05) is 12.1 Å². The second-order valence-corrected chi connectivity index (χ2v) is 10.4. The lowest BCUT2D eigenvalue weighted by molar-refractivity contribution is -0.136. The smallest absolute Gasteiger partial charge is 0.255 e. The van der Waals surface area contributed by atoms with Crippen LogP contribution in [-0.2, 0) is 27.4 Å². The fourth-order valence-corrected chi connectivity index (χ4v) is 5.42. The molecule has 1 atom stereocenters. The van der Waals surface area contributed by atoms with Crippen LogP contribution in [0.5, 0.6) is 5.75 Å². The van der Waals surface area contributed by atoms with Gasteiger partial charge in [0.1, 0.15) is 11.8 Å². The van der Waals surface area contributed by atoms with Crippen molar-refractivity contribution in [3.05, 3.63) is 59.2 Å². The van der Waals surface area contributed by atoms with Gasteiger partial charge >= 0.3 is 0 Å². The highest BCUT2D eigenvalue weighted by atomic mass is 16.5. The van der Waals surface area contributed by atoms with E-state index in [2.05, 4.69) is 39.8 Å². The molecule has 0 aliphatic carbocycles. The first-order chi connectivity index (χ1) is 19.1. The van der Waals surface area contributed by atoms with E-state index >= 15 is 0 Å². The maximum atomic E-state index is 12.8. The van der Waals surface area contributed by atoms with Crippen molar-refractivity contribution < 1.29 is 23.9 Å². The molecule has 208 valence electrons. The zero-order valence-electron chi connectivity index (χ0n) is 22.5. The molecule has 3 aliphatic rings. The highest BCUT2D eigenvalue weighted by Crippen LogP contribution is 2.30. The van der Waals surface area contributed by atoms with Crippen molar-refractivity contribution in [3.63, 3.8) is 0 Å². The van der Waals surface area contributed by atoms with Gasteiger partial charge in [-0.3, -0.25) is 19.7 Å². The van der Waals surface area contributed by atoms with Gasteiger partial charge in [0.25, 0.3) is 5.91 Å². The first-order valence-electron chi connectivity index (χ1n) is 14.1. The standard InChI is InChI=1S/C30H38N4O5/c35-28-12-11-27(29(36)32-28)34-21-23-19-25(9-10-26(23)30(34)37)39-16-4-2-1-3-13-31-20-22-5-7-24(8-6-22)33-14-17-38-18-15-33/h5-10,19,27,31H,1-4,11-18,20-21H2,(H,32,35,36). The average molecular weight is 535 g/mol. The molecule has 3 heterocycles. The fraction of sp³-hybridized carbons (Fsp3) is 0.500. The number of rotatable bonds is 12. The van der Waals surface area contributed by atoms with Crippen LogP contribution in [-0.4, -0.2) is 68.1 Å². The molecular formula is C30H38N4O5. The SMILES string of the molecule is O=C1CCC(N2Cc3cc(OCCCCCCNCc4ccc(N5CCOCC5)cc4)ccc3C2=O)C(=O)N1. The molecule has 0 bridgehead atoms. The number of unbranched alkanes of at least 4 members (excludes halogenated alkanes) is 3. The summed E-state index contributed by atoms with van der Waals surface area (Å²) in [6.45, 7) is 6.40. The number of nitrogens with one attached hydrogen (secondary N) is 2. The van der Waals surface area contributed by atoms with Gasteiger partial charge < -0.3 is 24.6 Å². The van der Waals surface area contributed by atoms with E-state index in [4.69, 9.17) is 9.47 Å². The molecule has 0 aromatic heterocycles. The van der Waals surface area contributed by atoms with Crippen molar-refractivity contribution in [2.75, 3.05) is 44.4 Å². The minimum atomic E-state index is -0.595. The maximum Gasteiger partial charge on any atom is 0.255 e. The van der Waals surface area contributed by atoms with Crippen LogP contribution in [0.1, 0.15) is 60.0 Å². The molecule has 9 nitrogen and oxygen atoms in total. The second-order valence-electron chi connectivity index (χ2n) is 10.4. The molecule has 5 rings (SSSR count). The number of carbonyl (C=O) groups excluding carboxylic acids is 3. The molecule has 0 radical (unpaired) electrons. The number of morpholine rings is 1. The number of hydrogen-bond donors (Lipinski definition) is 2. The number of imide groups is 1. The van der Waals surface area contributed by atoms with Gasteiger partial charge in [0.05, 0.1) is 19.8 Å². The van der Waals surface area contributed by atoms with Crippen LogP contribution in [0.2, 0.25) is 0 Å². The maximum absolute atomic E-state index is 12.8. The lowest BCUT2D eigenvalue weighted by atomic mass is 10.0. The van der Waals surface area contributed by atoms with Crippen LogP contribution in [0.4, 0.5) is 5.69 Å². The predicted octanol–water partition coefficient (Wildman–Crippen LogP) is 3.01. The molecule has 2 fully saturated rings. The quantitative estimate of drug-likeness (QED) is 0.319. The zero-order valence-corrected chi connectivity index (χ0v) is 22.5. The molecule has 3 aliphatic heterocycles. The molecule has 9 heteroatoms. The summed E-state index contributed by atoms with van der Waals surface area (Å²) in [5.74, 6) is -0.0901. The second kappa shape index (κ2) is 13.1. The highest BCUT2D eigenvalue weighted by molar-refractivity contribution is 6.05. The Morgan fingerprint density at radius 3 is 2.56 bits per heavy atom. The number of hydrogen-bond acceptors (Lipinski definition) is 7. The Morgan fingerprint density at radius 1 is 0.974 bits per heavy atom. The summed E-state index contributed by atoms with van der Waals surface area (Å²) in [4.78, 5) is 40.4. The topological polar surface area (TPSA) is 100 Å². The lowest BCUT2D eigenvalue weighted by Gasteiger charge is -2.29. The van der Waals surface area contributed by atoms with Gasteiger partial charge in [-0.15, -0.1) is 0 Å². The van der Waals surface area contributed by atoms with Crippen LogP contribution in [0.25, 0.3) is 0 Å². The van der Waals surface area contributed by atoms with Crippen LogP contribution in [0.15, 0.2) is 42.5 Å². The van der Waals surface area contributed by atoms with Crippen molar-refractivity contribution in [2.24, 2.45) is 0 Å². The zero-order chi connectivity index (χ0) is 27.0. The van der Waals surface area contributed by atoms with Crippen LogP contribution in [0.3, 0.4) is 0 Å². The van der Waals surface area contributed by atoms with Gasteiger partial charge in [0.2, 0.25) is 11.8 Å². The van der Waals surface area contributed by atoms with Gasteiger partial charge in [-0.25, -0.2) is 0 Å². The molecule has 2 N–H and O–H groups in total. The fourth-order valence-electron chi connectivity index (χ4n) is 5.42. The van der Waals surface area contributed by atoms with Gasteiger partial charge in [-0.1, -0.05) is 25.0 Å². The lowest BCUT2D eigenvalue weighted by Crippen LogP contribution is -2.52. The minimum Gasteiger partial charge on any atom is -0.494 e. The Balaban J connectivity index is 0.946. The van der Waals surface area contributed by atoms with E-state index in [-0.39, 0.29) is 18.2 Å². The molecule has 0 saturated carbocycles. The van der Waals surface area contributed by atoms with Gasteiger partial charge in [0, 0.05) is 43.9 Å². The number of piperidine rings is 1. The number of benzene rings is 2. The Labute approximate surface area is 229 Å². The van der Waals surface area contributed by atoms with Crippen molar-refractivity contribution in [1.82, 2.24) is 15.5 Å². The van der Waals surface area contributed by atoms with E-state index in [1.165, 1.54) is 11.3 Å². The van der Waals surface area contributed by atoms with E-state index in [9.17, 15) is 14.4 Å². The van der Waals surface area contributed by atoms with Crippen molar-refractivity contribution in [1.29, 1.82) is 0 Å². The monoisotopic (exact) mass is 534 g/mol. The minimum absolute atomic E-state index is 0.162. The first-order valence-corrected chi connectivity index (χ1v) is 14.1. The third kappa shape index (κ3) is 6.96. The number of carbonyl (C=O) groups is 3. The number of anilines is 1. The molecule has 0 spiro atoms. The third-order valence-corrected chi connectivity index (χ3v) is 7.65. The third-order valence-electron chi connectivity index (χ3n) is 7.65. The summed E-state index contributed by atoms with van der Waals surface area (Å²) in [7, 11) is 0. The highest BCUT2D eigenvalue weighted by Gasteiger charge is 2.39.